The number of likely N-dealkylation sites (N-methyl/N-ethyl adjacent to an activating group) is 1. The number of phenolic OH excluding ortho intramolecular Hbond substituents is 1. The lowest BCUT2D eigenvalue weighted by Crippen LogP contribution is -2.22. The minimum Gasteiger partial charge on any atom is -0.504 e. The third kappa shape index (κ3) is 2.62. The van der Waals surface area contributed by atoms with Crippen LogP contribution in [0.3, 0.4) is 0 Å². The van der Waals surface area contributed by atoms with E-state index in [9.17, 15) is 14.7 Å². The Hall–Kier alpha value is -1.47. The molecular formula is C12H10BrNO4S. The summed E-state index contributed by atoms with van der Waals surface area (Å²) < 4.78 is 5.63. The van der Waals surface area contributed by atoms with E-state index >= 15 is 0 Å². The number of carbonyl (C=O) groups excluding carboxylic acids is 2. The summed E-state index contributed by atoms with van der Waals surface area (Å²) in [5, 5.41) is 9.40. The zero-order valence-electron chi connectivity index (χ0n) is 10.1. The van der Waals surface area contributed by atoms with Crippen LogP contribution >= 0.6 is 27.7 Å². The van der Waals surface area contributed by atoms with Gasteiger partial charge in [0, 0.05) is 11.5 Å². The molecule has 1 heterocycles. The maximum atomic E-state index is 11.8. The number of carbonyl (C=O) groups is 2. The van der Waals surface area contributed by atoms with Crippen molar-refractivity contribution < 1.29 is 19.4 Å². The SMILES string of the molecule is COc1cc(Br)c(/C=C2\SC(=O)N(C)C2=O)cc1O. The third-order valence-electron chi connectivity index (χ3n) is 2.57. The van der Waals surface area contributed by atoms with Gasteiger partial charge in [0.05, 0.1) is 12.0 Å². The molecule has 0 saturated carbocycles. The number of nitrogens with zero attached hydrogens (tertiary/aromatic N) is 1. The van der Waals surface area contributed by atoms with Crippen molar-refractivity contribution in [1.29, 1.82) is 0 Å². The molecule has 1 aromatic carbocycles. The van der Waals surface area contributed by atoms with Crippen molar-refractivity contribution in [2.24, 2.45) is 0 Å². The Kier molecular flexibility index (Phi) is 3.86. The molecule has 0 aliphatic carbocycles. The molecule has 1 aliphatic heterocycles. The van der Waals surface area contributed by atoms with Gasteiger partial charge < -0.3 is 9.84 Å². The largest absolute Gasteiger partial charge is 0.504 e. The average molecular weight is 344 g/mol. The van der Waals surface area contributed by atoms with Crippen LogP contribution in [0.5, 0.6) is 11.5 Å². The molecule has 7 heteroatoms. The van der Waals surface area contributed by atoms with Gasteiger partial charge >= 0.3 is 0 Å². The lowest BCUT2D eigenvalue weighted by molar-refractivity contribution is -0.121. The minimum atomic E-state index is -0.350. The van der Waals surface area contributed by atoms with Crippen LogP contribution < -0.4 is 4.74 Å². The Bertz CT molecular complexity index is 600. The summed E-state index contributed by atoms with van der Waals surface area (Å²) in [5.74, 6) is -0.0579. The monoisotopic (exact) mass is 343 g/mol. The van der Waals surface area contributed by atoms with Gasteiger partial charge in [-0.15, -0.1) is 0 Å². The van der Waals surface area contributed by atoms with Crippen molar-refractivity contribution in [2.75, 3.05) is 14.2 Å². The summed E-state index contributed by atoms with van der Waals surface area (Å²) in [6, 6.07) is 3.06. The lowest BCUT2D eigenvalue weighted by Gasteiger charge is -2.07. The highest BCUT2D eigenvalue weighted by Gasteiger charge is 2.31. The van der Waals surface area contributed by atoms with Gasteiger partial charge in [-0.05, 0) is 35.5 Å². The summed E-state index contributed by atoms with van der Waals surface area (Å²) in [4.78, 5) is 24.5. The first-order chi connectivity index (χ1) is 8.93. The maximum absolute atomic E-state index is 11.8. The van der Waals surface area contributed by atoms with Crippen LogP contribution in [0.1, 0.15) is 5.56 Å². The molecule has 19 heavy (non-hydrogen) atoms. The number of rotatable bonds is 2. The summed E-state index contributed by atoms with van der Waals surface area (Å²) in [6.45, 7) is 0. The smallest absolute Gasteiger partial charge is 0.293 e. The predicted octanol–water partition coefficient (Wildman–Crippen LogP) is 2.83. The van der Waals surface area contributed by atoms with E-state index in [0.717, 1.165) is 16.7 Å². The van der Waals surface area contributed by atoms with Crippen LogP contribution in [-0.4, -0.2) is 35.3 Å². The number of halogens is 1. The van der Waals surface area contributed by atoms with Gasteiger partial charge in [0.25, 0.3) is 11.1 Å². The van der Waals surface area contributed by atoms with E-state index in [4.69, 9.17) is 4.74 Å². The average Bonchev–Trinajstić information content (AvgIpc) is 2.61. The van der Waals surface area contributed by atoms with Crippen LogP contribution in [0, 0.1) is 0 Å². The van der Waals surface area contributed by atoms with Gasteiger partial charge in [0.15, 0.2) is 11.5 Å². The fraction of sp³-hybridized carbons (Fsp3) is 0.167. The Balaban J connectivity index is 2.42. The van der Waals surface area contributed by atoms with Crippen molar-refractivity contribution >= 4 is 44.9 Å². The maximum Gasteiger partial charge on any atom is 0.293 e. The van der Waals surface area contributed by atoms with E-state index in [-0.39, 0.29) is 16.9 Å². The number of thioether (sulfide) groups is 1. The lowest BCUT2D eigenvalue weighted by atomic mass is 10.2. The fourth-order valence-electron chi connectivity index (χ4n) is 1.52. The first-order valence-electron chi connectivity index (χ1n) is 5.22. The fourth-order valence-corrected chi connectivity index (χ4v) is 2.78. The zero-order chi connectivity index (χ0) is 14.2. The highest BCUT2D eigenvalue weighted by atomic mass is 79.9. The second-order valence-corrected chi connectivity index (χ2v) is 5.63. The van der Waals surface area contributed by atoms with Gasteiger partial charge in [-0.2, -0.15) is 0 Å². The molecule has 0 bridgehead atoms. The van der Waals surface area contributed by atoms with Crippen molar-refractivity contribution in [2.45, 2.75) is 0 Å². The van der Waals surface area contributed by atoms with Gasteiger partial charge in [-0.25, -0.2) is 0 Å². The first kappa shape index (κ1) is 14.0. The Labute approximate surface area is 122 Å². The molecule has 1 aliphatic rings. The Morgan fingerprint density at radius 3 is 2.63 bits per heavy atom. The van der Waals surface area contributed by atoms with Gasteiger partial charge in [0.1, 0.15) is 0 Å². The van der Waals surface area contributed by atoms with Crippen LogP contribution in [0.2, 0.25) is 0 Å². The van der Waals surface area contributed by atoms with Crippen LogP contribution in [-0.2, 0) is 4.79 Å². The summed E-state index contributed by atoms with van der Waals surface area (Å²) in [6.07, 6.45) is 1.55. The van der Waals surface area contributed by atoms with E-state index in [1.54, 1.807) is 12.1 Å². The summed E-state index contributed by atoms with van der Waals surface area (Å²) in [7, 11) is 2.88. The standard InChI is InChI=1S/C12H10BrNO4S/c1-14-11(16)10(19-12(14)17)4-6-3-8(15)9(18-2)5-7(6)13/h3-5,15H,1-2H3/b10-4-. The second kappa shape index (κ2) is 5.26. The molecule has 1 aromatic rings. The molecule has 1 saturated heterocycles. The Morgan fingerprint density at radius 2 is 2.11 bits per heavy atom. The molecule has 2 amide bonds. The van der Waals surface area contributed by atoms with Crippen molar-refractivity contribution in [3.05, 3.63) is 27.1 Å². The van der Waals surface area contributed by atoms with E-state index in [0.29, 0.717) is 20.7 Å². The molecule has 0 spiro atoms. The summed E-state index contributed by atoms with van der Waals surface area (Å²) >= 11 is 4.19. The van der Waals surface area contributed by atoms with Gasteiger partial charge in [0.2, 0.25) is 0 Å². The molecule has 2 rings (SSSR count). The number of imide groups is 1. The van der Waals surface area contributed by atoms with E-state index in [2.05, 4.69) is 15.9 Å². The van der Waals surface area contributed by atoms with Crippen LogP contribution in [0.25, 0.3) is 6.08 Å². The second-order valence-electron chi connectivity index (χ2n) is 3.79. The van der Waals surface area contributed by atoms with Gasteiger partial charge in [-0.3, -0.25) is 14.5 Å². The minimum absolute atomic E-state index is 0.0346. The number of benzene rings is 1. The topological polar surface area (TPSA) is 66.8 Å². The van der Waals surface area contributed by atoms with Crippen molar-refractivity contribution in [1.82, 2.24) is 4.90 Å². The molecule has 0 unspecified atom stereocenters. The predicted molar refractivity (Wildman–Crippen MR) is 76.1 cm³/mol. The van der Waals surface area contributed by atoms with Crippen LogP contribution in [0.4, 0.5) is 4.79 Å². The number of aromatic hydroxyl groups is 1. The molecule has 0 aromatic heterocycles. The van der Waals surface area contributed by atoms with E-state index in [1.165, 1.54) is 20.2 Å². The highest BCUT2D eigenvalue weighted by Crippen LogP contribution is 2.36. The van der Waals surface area contributed by atoms with E-state index in [1.807, 2.05) is 0 Å². The molecule has 0 atom stereocenters. The third-order valence-corrected chi connectivity index (χ3v) is 4.22. The van der Waals surface area contributed by atoms with Gasteiger partial charge in [-0.1, -0.05) is 15.9 Å². The Morgan fingerprint density at radius 1 is 1.42 bits per heavy atom. The number of hydrogen-bond donors (Lipinski definition) is 1. The molecular weight excluding hydrogens is 334 g/mol. The molecule has 1 fully saturated rings. The van der Waals surface area contributed by atoms with E-state index < -0.39 is 0 Å². The summed E-state index contributed by atoms with van der Waals surface area (Å²) in [5.41, 5.74) is 0.595. The normalized spacial score (nSPS) is 17.4. The number of hydrogen-bond acceptors (Lipinski definition) is 5. The first-order valence-corrected chi connectivity index (χ1v) is 6.83. The quantitative estimate of drug-likeness (QED) is 0.836. The molecule has 100 valence electrons. The van der Waals surface area contributed by atoms with Crippen molar-refractivity contribution in [3.63, 3.8) is 0 Å². The molecule has 0 radical (unpaired) electrons. The number of methoxy groups -OCH3 is 1. The zero-order valence-corrected chi connectivity index (χ0v) is 12.5. The highest BCUT2D eigenvalue weighted by molar-refractivity contribution is 9.10. The number of ether oxygens (including phenoxy) is 1. The molecule has 5 nitrogen and oxygen atoms in total. The number of amides is 2. The molecule has 1 N–H and O–H groups in total. The van der Waals surface area contributed by atoms with Crippen molar-refractivity contribution in [3.8, 4) is 11.5 Å². The number of phenols is 1. The van der Waals surface area contributed by atoms with Crippen LogP contribution in [0.15, 0.2) is 21.5 Å².